The number of ether oxygens (including phenoxy) is 1. The van der Waals surface area contributed by atoms with Crippen LogP contribution in [0.25, 0.3) is 0 Å². The average molecular weight is 178 g/mol. The number of carbonyl (C=O) groups is 1. The lowest BCUT2D eigenvalue weighted by molar-refractivity contribution is -0.135. The maximum Gasteiger partial charge on any atom is 0.346 e. The summed E-state index contributed by atoms with van der Waals surface area (Å²) >= 11 is 1.07. The van der Waals surface area contributed by atoms with Crippen LogP contribution in [0.3, 0.4) is 0 Å². The second-order valence-electron chi connectivity index (χ2n) is 1.78. The number of thioether (sulfide) groups is 1. The van der Waals surface area contributed by atoms with Crippen LogP contribution < -0.4 is 0 Å². The van der Waals surface area contributed by atoms with Crippen LogP contribution in [0.2, 0.25) is 0 Å². The van der Waals surface area contributed by atoms with E-state index in [4.69, 9.17) is 0 Å². The third-order valence-electron chi connectivity index (χ3n) is 1.13. The Morgan fingerprint density at radius 2 is 2.18 bits per heavy atom. The van der Waals surface area contributed by atoms with Gasteiger partial charge in [0.25, 0.3) is 0 Å². The zero-order chi connectivity index (χ0) is 8.85. The quantitative estimate of drug-likeness (QED) is 0.489. The fraction of sp³-hybridized carbons (Fsp3) is 0.571. The number of hydrogen-bond acceptors (Lipinski definition) is 3. The molecule has 0 aliphatic rings. The Hall–Kier alpha value is -0.510. The van der Waals surface area contributed by atoms with E-state index in [1.807, 2.05) is 0 Å². The van der Waals surface area contributed by atoms with Gasteiger partial charge in [-0.05, 0) is 12.7 Å². The monoisotopic (exact) mass is 178 g/mol. The van der Waals surface area contributed by atoms with Crippen LogP contribution in [0, 0.1) is 0 Å². The molecule has 0 aliphatic carbocycles. The van der Waals surface area contributed by atoms with Crippen LogP contribution in [0.1, 0.15) is 13.3 Å². The van der Waals surface area contributed by atoms with Gasteiger partial charge in [0.1, 0.15) is 10.7 Å². The Labute approximate surface area is 69.8 Å². The maximum absolute atomic E-state index is 12.8. The summed E-state index contributed by atoms with van der Waals surface area (Å²) in [5.74, 6) is -1.01. The topological polar surface area (TPSA) is 26.3 Å². The van der Waals surface area contributed by atoms with Gasteiger partial charge in [-0.3, -0.25) is 0 Å². The van der Waals surface area contributed by atoms with E-state index in [1.54, 1.807) is 13.2 Å². The minimum absolute atomic E-state index is 0.0648. The predicted octanol–water partition coefficient (Wildman–Crippen LogP) is 2.11. The highest BCUT2D eigenvalue weighted by molar-refractivity contribution is 8.03. The molecule has 0 unspecified atom stereocenters. The van der Waals surface area contributed by atoms with Gasteiger partial charge in [-0.25, -0.2) is 9.18 Å². The first-order valence-corrected chi connectivity index (χ1v) is 4.40. The number of halogens is 1. The first-order chi connectivity index (χ1) is 5.17. The SMILES string of the molecule is CC/C(F)=C(\SC)C(=O)OC. The van der Waals surface area contributed by atoms with Gasteiger partial charge in [-0.1, -0.05) is 6.92 Å². The molecule has 0 atom stereocenters. The van der Waals surface area contributed by atoms with E-state index in [9.17, 15) is 9.18 Å². The summed E-state index contributed by atoms with van der Waals surface area (Å²) in [6, 6.07) is 0. The van der Waals surface area contributed by atoms with Crippen molar-refractivity contribution in [2.45, 2.75) is 13.3 Å². The largest absolute Gasteiger partial charge is 0.465 e. The molecular formula is C7H11FO2S. The number of methoxy groups -OCH3 is 1. The van der Waals surface area contributed by atoms with Crippen LogP contribution in [0.15, 0.2) is 10.7 Å². The summed E-state index contributed by atoms with van der Waals surface area (Å²) in [4.78, 5) is 10.9. The average Bonchev–Trinajstić information content (AvgIpc) is 2.05. The molecule has 0 N–H and O–H groups in total. The van der Waals surface area contributed by atoms with Gasteiger partial charge in [0.2, 0.25) is 0 Å². The molecule has 0 radical (unpaired) electrons. The predicted molar refractivity (Wildman–Crippen MR) is 44.0 cm³/mol. The molecule has 4 heteroatoms. The Balaban J connectivity index is 4.50. The molecular weight excluding hydrogens is 167 g/mol. The summed E-state index contributed by atoms with van der Waals surface area (Å²) in [5.41, 5.74) is 0. The van der Waals surface area contributed by atoms with Gasteiger partial charge in [0, 0.05) is 0 Å². The zero-order valence-corrected chi connectivity index (χ0v) is 7.63. The van der Waals surface area contributed by atoms with Crippen molar-refractivity contribution in [3.8, 4) is 0 Å². The highest BCUT2D eigenvalue weighted by Gasteiger charge is 2.13. The van der Waals surface area contributed by atoms with E-state index >= 15 is 0 Å². The minimum atomic E-state index is -0.600. The molecule has 0 saturated carbocycles. The van der Waals surface area contributed by atoms with Gasteiger partial charge >= 0.3 is 5.97 Å². The first kappa shape index (κ1) is 10.5. The minimum Gasteiger partial charge on any atom is -0.465 e. The smallest absolute Gasteiger partial charge is 0.346 e. The van der Waals surface area contributed by atoms with Gasteiger partial charge in [-0.2, -0.15) is 0 Å². The Bertz CT molecular complexity index is 177. The van der Waals surface area contributed by atoms with E-state index in [2.05, 4.69) is 4.74 Å². The van der Waals surface area contributed by atoms with Crippen molar-refractivity contribution in [1.29, 1.82) is 0 Å². The summed E-state index contributed by atoms with van der Waals surface area (Å²) in [6.45, 7) is 1.65. The second-order valence-corrected chi connectivity index (χ2v) is 2.60. The van der Waals surface area contributed by atoms with Gasteiger partial charge in [0.05, 0.1) is 7.11 Å². The van der Waals surface area contributed by atoms with E-state index < -0.39 is 11.8 Å². The van der Waals surface area contributed by atoms with Gasteiger partial charge < -0.3 is 4.74 Å². The van der Waals surface area contributed by atoms with Crippen molar-refractivity contribution in [3.05, 3.63) is 10.7 Å². The summed E-state index contributed by atoms with van der Waals surface area (Å²) in [6.07, 6.45) is 1.87. The van der Waals surface area contributed by atoms with Crippen LogP contribution in [0.4, 0.5) is 4.39 Å². The van der Waals surface area contributed by atoms with Crippen LogP contribution in [-0.2, 0) is 9.53 Å². The third-order valence-corrected chi connectivity index (χ3v) is 1.93. The van der Waals surface area contributed by atoms with Crippen molar-refractivity contribution in [3.63, 3.8) is 0 Å². The fourth-order valence-electron chi connectivity index (χ4n) is 0.558. The molecule has 0 aromatic carbocycles. The van der Waals surface area contributed by atoms with E-state index in [1.165, 1.54) is 7.11 Å². The van der Waals surface area contributed by atoms with Crippen molar-refractivity contribution < 1.29 is 13.9 Å². The zero-order valence-electron chi connectivity index (χ0n) is 6.81. The summed E-state index contributed by atoms with van der Waals surface area (Å²) in [7, 11) is 1.24. The molecule has 0 fully saturated rings. The van der Waals surface area contributed by atoms with Gasteiger partial charge in [-0.15, -0.1) is 11.8 Å². The second kappa shape index (κ2) is 5.18. The lowest BCUT2D eigenvalue weighted by Crippen LogP contribution is -2.03. The maximum atomic E-state index is 12.8. The van der Waals surface area contributed by atoms with Crippen LogP contribution >= 0.6 is 11.8 Å². The van der Waals surface area contributed by atoms with Crippen molar-refractivity contribution in [2.24, 2.45) is 0 Å². The Kier molecular flexibility index (Phi) is 4.94. The normalized spacial score (nSPS) is 12.4. The lowest BCUT2D eigenvalue weighted by Gasteiger charge is -2.01. The molecule has 0 aromatic rings. The molecule has 0 aromatic heterocycles. The number of rotatable bonds is 3. The van der Waals surface area contributed by atoms with E-state index in [0.717, 1.165) is 11.8 Å². The third kappa shape index (κ3) is 2.93. The highest BCUT2D eigenvalue weighted by Crippen LogP contribution is 2.21. The lowest BCUT2D eigenvalue weighted by atomic mass is 10.4. The summed E-state index contributed by atoms with van der Waals surface area (Å²) in [5, 5.41) is 0. The molecule has 0 bridgehead atoms. The summed E-state index contributed by atoms with van der Waals surface area (Å²) < 4.78 is 17.2. The Morgan fingerprint density at radius 3 is 2.45 bits per heavy atom. The van der Waals surface area contributed by atoms with Crippen LogP contribution in [0.5, 0.6) is 0 Å². The highest BCUT2D eigenvalue weighted by atomic mass is 32.2. The number of carbonyl (C=O) groups excluding carboxylic acids is 1. The van der Waals surface area contributed by atoms with Crippen molar-refractivity contribution in [2.75, 3.05) is 13.4 Å². The van der Waals surface area contributed by atoms with E-state index in [0.29, 0.717) is 0 Å². The fourth-order valence-corrected chi connectivity index (χ4v) is 1.17. The molecule has 0 amide bonds. The van der Waals surface area contributed by atoms with Gasteiger partial charge in [0.15, 0.2) is 0 Å². The molecule has 0 rings (SSSR count). The van der Waals surface area contributed by atoms with Crippen molar-refractivity contribution in [1.82, 2.24) is 0 Å². The Morgan fingerprint density at radius 1 is 1.64 bits per heavy atom. The molecule has 0 spiro atoms. The number of allylic oxidation sites excluding steroid dienone is 1. The molecule has 2 nitrogen and oxygen atoms in total. The standard InChI is InChI=1S/C7H11FO2S/c1-4-5(8)6(11-3)7(9)10-2/h4H2,1-3H3/b6-5+. The number of hydrogen-bond donors (Lipinski definition) is 0. The molecule has 0 aliphatic heterocycles. The van der Waals surface area contributed by atoms with E-state index in [-0.39, 0.29) is 11.3 Å². The molecule has 0 heterocycles. The van der Waals surface area contributed by atoms with Crippen molar-refractivity contribution >= 4 is 17.7 Å². The molecule has 11 heavy (non-hydrogen) atoms. The first-order valence-electron chi connectivity index (χ1n) is 3.18. The number of esters is 1. The van der Waals surface area contributed by atoms with Crippen LogP contribution in [-0.4, -0.2) is 19.3 Å². The molecule has 64 valence electrons. The molecule has 0 saturated heterocycles.